The molecular formula is C21H26FN5O. The summed E-state index contributed by atoms with van der Waals surface area (Å²) in [5.74, 6) is 1.17. The number of hydrogen-bond acceptors (Lipinski definition) is 5. The number of nitrogens with two attached hydrogens (primary N) is 1. The molecule has 0 saturated carbocycles. The van der Waals surface area contributed by atoms with Gasteiger partial charge >= 0.3 is 0 Å². The van der Waals surface area contributed by atoms with Gasteiger partial charge in [-0.1, -0.05) is 19.1 Å². The Hall–Kier alpha value is -2.54. The lowest BCUT2D eigenvalue weighted by atomic mass is 10.0. The van der Waals surface area contributed by atoms with Crippen molar-refractivity contribution < 1.29 is 9.18 Å². The van der Waals surface area contributed by atoms with Crippen molar-refractivity contribution >= 4 is 11.7 Å². The lowest BCUT2D eigenvalue weighted by molar-refractivity contribution is -0.132. The van der Waals surface area contributed by atoms with Crippen LogP contribution in [-0.2, 0) is 17.6 Å². The van der Waals surface area contributed by atoms with Crippen molar-refractivity contribution in [3.63, 3.8) is 0 Å². The molecule has 4 rings (SSSR count). The molecule has 1 aliphatic carbocycles. The van der Waals surface area contributed by atoms with E-state index >= 15 is 0 Å². The van der Waals surface area contributed by atoms with Crippen LogP contribution in [0.1, 0.15) is 36.1 Å². The number of rotatable bonds is 4. The maximum Gasteiger partial charge on any atom is 0.239 e. The van der Waals surface area contributed by atoms with E-state index in [1.54, 1.807) is 18.5 Å². The Bertz CT molecular complexity index is 848. The fourth-order valence-corrected chi connectivity index (χ4v) is 4.21. The second-order valence-electron chi connectivity index (χ2n) is 7.75. The lowest BCUT2D eigenvalue weighted by Crippen LogP contribution is -2.54. The molecule has 2 unspecified atom stereocenters. The number of hydrogen-bond donors (Lipinski definition) is 1. The summed E-state index contributed by atoms with van der Waals surface area (Å²) in [4.78, 5) is 25.8. The highest BCUT2D eigenvalue weighted by molar-refractivity contribution is 5.82. The van der Waals surface area contributed by atoms with Crippen LogP contribution in [0, 0.1) is 5.82 Å². The van der Waals surface area contributed by atoms with E-state index in [1.807, 2.05) is 4.90 Å². The Labute approximate surface area is 164 Å². The maximum absolute atomic E-state index is 13.0. The van der Waals surface area contributed by atoms with E-state index < -0.39 is 6.04 Å². The summed E-state index contributed by atoms with van der Waals surface area (Å²) in [5.41, 5.74) is 9.44. The first-order chi connectivity index (χ1) is 13.5. The molecule has 1 aromatic carbocycles. The molecule has 148 valence electrons. The van der Waals surface area contributed by atoms with Crippen molar-refractivity contribution in [1.29, 1.82) is 0 Å². The molecule has 2 heterocycles. The minimum atomic E-state index is -0.611. The number of carbonyl (C=O) groups excluding carboxylic acids is 1. The number of fused-ring (bicyclic) bond motifs is 1. The summed E-state index contributed by atoms with van der Waals surface area (Å²) < 4.78 is 13.0. The van der Waals surface area contributed by atoms with Gasteiger partial charge in [0.25, 0.3) is 0 Å². The molecule has 2 atom stereocenters. The highest BCUT2D eigenvalue weighted by atomic mass is 19.1. The van der Waals surface area contributed by atoms with Crippen LogP contribution in [0.4, 0.5) is 10.2 Å². The molecule has 1 aliphatic heterocycles. The molecule has 2 aliphatic rings. The van der Waals surface area contributed by atoms with E-state index in [0.717, 1.165) is 43.0 Å². The molecule has 0 bridgehead atoms. The highest BCUT2D eigenvalue weighted by Crippen LogP contribution is 2.37. The standard InChI is InChI=1S/C21H26FN5O/c1-14-2-7-18-19(14)20(25-13-24-18)26-8-10-27(11-9-26)21(28)17(23)12-15-3-5-16(22)6-4-15/h3-6,13-14,17H,2,7-12,23H2,1H3. The topological polar surface area (TPSA) is 75.4 Å². The smallest absolute Gasteiger partial charge is 0.239 e. The van der Waals surface area contributed by atoms with E-state index in [9.17, 15) is 9.18 Å². The van der Waals surface area contributed by atoms with Gasteiger partial charge in [-0.3, -0.25) is 4.79 Å². The molecule has 1 saturated heterocycles. The molecule has 0 radical (unpaired) electrons. The zero-order chi connectivity index (χ0) is 19.7. The predicted octanol–water partition coefficient (Wildman–Crippen LogP) is 1.88. The molecule has 6 nitrogen and oxygen atoms in total. The average molecular weight is 383 g/mol. The monoisotopic (exact) mass is 383 g/mol. The molecule has 7 heteroatoms. The van der Waals surface area contributed by atoms with Gasteiger partial charge in [-0.25, -0.2) is 14.4 Å². The Morgan fingerprint density at radius 2 is 1.93 bits per heavy atom. The SMILES string of the molecule is CC1CCc2ncnc(N3CCN(C(=O)C(N)Cc4ccc(F)cc4)CC3)c21. The average Bonchev–Trinajstić information content (AvgIpc) is 3.10. The van der Waals surface area contributed by atoms with Gasteiger partial charge < -0.3 is 15.5 Å². The number of carbonyl (C=O) groups is 1. The summed E-state index contributed by atoms with van der Waals surface area (Å²) >= 11 is 0. The number of benzene rings is 1. The minimum absolute atomic E-state index is 0.0507. The van der Waals surface area contributed by atoms with E-state index in [2.05, 4.69) is 21.8 Å². The van der Waals surface area contributed by atoms with Gasteiger partial charge in [0, 0.05) is 37.4 Å². The minimum Gasteiger partial charge on any atom is -0.353 e. The fourth-order valence-electron chi connectivity index (χ4n) is 4.21. The van der Waals surface area contributed by atoms with Crippen LogP contribution in [0.5, 0.6) is 0 Å². The van der Waals surface area contributed by atoms with Crippen LogP contribution >= 0.6 is 0 Å². The van der Waals surface area contributed by atoms with Gasteiger partial charge in [0.15, 0.2) is 0 Å². The summed E-state index contributed by atoms with van der Waals surface area (Å²) in [6, 6.07) is 5.54. The zero-order valence-corrected chi connectivity index (χ0v) is 16.1. The van der Waals surface area contributed by atoms with E-state index in [1.165, 1.54) is 17.7 Å². The van der Waals surface area contributed by atoms with Crippen LogP contribution in [0.2, 0.25) is 0 Å². The van der Waals surface area contributed by atoms with E-state index in [0.29, 0.717) is 25.4 Å². The lowest BCUT2D eigenvalue weighted by Gasteiger charge is -2.37. The Balaban J connectivity index is 1.37. The first-order valence-corrected chi connectivity index (χ1v) is 9.90. The third kappa shape index (κ3) is 3.71. The van der Waals surface area contributed by atoms with Crippen LogP contribution < -0.4 is 10.6 Å². The van der Waals surface area contributed by atoms with E-state index in [4.69, 9.17) is 5.73 Å². The Morgan fingerprint density at radius 3 is 2.64 bits per heavy atom. The molecular weight excluding hydrogens is 357 g/mol. The molecule has 28 heavy (non-hydrogen) atoms. The van der Waals surface area contributed by atoms with Crippen molar-refractivity contribution in [3.8, 4) is 0 Å². The molecule has 1 fully saturated rings. The number of halogens is 1. The molecule has 2 aromatic rings. The number of amides is 1. The van der Waals surface area contributed by atoms with Crippen molar-refractivity contribution in [2.45, 2.75) is 38.1 Å². The van der Waals surface area contributed by atoms with Gasteiger partial charge in [-0.05, 0) is 42.9 Å². The van der Waals surface area contributed by atoms with Gasteiger partial charge in [0.2, 0.25) is 5.91 Å². The maximum atomic E-state index is 13.0. The summed E-state index contributed by atoms with van der Waals surface area (Å²) in [5, 5.41) is 0. The third-order valence-electron chi connectivity index (χ3n) is 5.83. The second kappa shape index (κ2) is 7.83. The van der Waals surface area contributed by atoms with Crippen molar-refractivity contribution in [3.05, 3.63) is 53.2 Å². The Morgan fingerprint density at radius 1 is 1.21 bits per heavy atom. The summed E-state index contributed by atoms with van der Waals surface area (Å²) in [6.45, 7) is 4.97. The van der Waals surface area contributed by atoms with Crippen molar-refractivity contribution in [2.75, 3.05) is 31.1 Å². The highest BCUT2D eigenvalue weighted by Gasteiger charge is 2.30. The number of nitrogens with zero attached hydrogens (tertiary/aromatic N) is 4. The summed E-state index contributed by atoms with van der Waals surface area (Å²) in [7, 11) is 0. The Kier molecular flexibility index (Phi) is 5.26. The molecule has 1 aromatic heterocycles. The largest absolute Gasteiger partial charge is 0.353 e. The molecule has 2 N–H and O–H groups in total. The third-order valence-corrected chi connectivity index (χ3v) is 5.83. The first kappa shape index (κ1) is 18.8. The zero-order valence-electron chi connectivity index (χ0n) is 16.1. The van der Waals surface area contributed by atoms with Gasteiger partial charge in [0.1, 0.15) is 18.0 Å². The van der Waals surface area contributed by atoms with E-state index in [-0.39, 0.29) is 11.7 Å². The normalized spacial score (nSPS) is 20.2. The van der Waals surface area contributed by atoms with Gasteiger partial charge in [0.05, 0.1) is 6.04 Å². The number of piperazine rings is 1. The van der Waals surface area contributed by atoms with Crippen molar-refractivity contribution in [2.24, 2.45) is 5.73 Å². The first-order valence-electron chi connectivity index (χ1n) is 9.90. The van der Waals surface area contributed by atoms with Crippen LogP contribution in [0.25, 0.3) is 0 Å². The summed E-state index contributed by atoms with van der Waals surface area (Å²) in [6.07, 6.45) is 4.21. The van der Waals surface area contributed by atoms with Crippen molar-refractivity contribution in [1.82, 2.24) is 14.9 Å². The molecule has 0 spiro atoms. The van der Waals surface area contributed by atoms with Crippen LogP contribution in [-0.4, -0.2) is 53.0 Å². The number of aromatic nitrogens is 2. The van der Waals surface area contributed by atoms with Crippen LogP contribution in [0.15, 0.2) is 30.6 Å². The predicted molar refractivity (Wildman–Crippen MR) is 106 cm³/mol. The fraction of sp³-hybridized carbons (Fsp3) is 0.476. The number of aryl methyl sites for hydroxylation is 1. The van der Waals surface area contributed by atoms with Gasteiger partial charge in [-0.2, -0.15) is 0 Å². The number of anilines is 1. The van der Waals surface area contributed by atoms with Gasteiger partial charge in [-0.15, -0.1) is 0 Å². The quantitative estimate of drug-likeness (QED) is 0.873. The molecule has 1 amide bonds. The van der Waals surface area contributed by atoms with Crippen LogP contribution in [0.3, 0.4) is 0 Å². The second-order valence-corrected chi connectivity index (χ2v) is 7.75.